The summed E-state index contributed by atoms with van der Waals surface area (Å²) in [6, 6.07) is 12.7. The third kappa shape index (κ3) is 24.8. The van der Waals surface area contributed by atoms with E-state index in [1.165, 1.54) is 47.9 Å². The lowest BCUT2D eigenvalue weighted by atomic mass is 10.1. The molecular weight excluding hydrogens is 504 g/mol. The second-order valence-corrected chi connectivity index (χ2v) is 9.33. The maximum atomic E-state index is 8.81. The molecule has 0 radical (unpaired) electrons. The Morgan fingerprint density at radius 2 is 0.974 bits per heavy atom. The van der Waals surface area contributed by atoms with Crippen LogP contribution in [0.2, 0.25) is 0 Å². The van der Waals surface area contributed by atoms with Crippen LogP contribution in [0.15, 0.2) is 36.4 Å². The monoisotopic (exact) mass is 552 g/mol. The molecule has 1 N–H and O–H groups in total. The summed E-state index contributed by atoms with van der Waals surface area (Å²) in [5.74, 6) is 3.79. The molecule has 2 aliphatic rings. The molecule has 0 spiro atoms. The smallest absolute Gasteiger partial charge is 0.194 e. The molecule has 10 nitrogen and oxygen atoms in total. The van der Waals surface area contributed by atoms with E-state index >= 15 is 0 Å². The summed E-state index contributed by atoms with van der Waals surface area (Å²) < 4.78 is 15.7. The highest BCUT2D eigenvalue weighted by Crippen LogP contribution is 2.31. The zero-order chi connectivity index (χ0) is 30.4. The van der Waals surface area contributed by atoms with Gasteiger partial charge < -0.3 is 19.3 Å². The van der Waals surface area contributed by atoms with Crippen LogP contribution in [0.4, 0.5) is 0 Å². The van der Waals surface area contributed by atoms with Gasteiger partial charge in [-0.05, 0) is 99.6 Å². The Morgan fingerprint density at radius 3 is 1.21 bits per heavy atom. The number of methoxy groups -OCH3 is 1. The number of aliphatic hydroxyl groups excluding tert-OH is 1. The molecule has 2 fully saturated rings. The lowest BCUT2D eigenvalue weighted by molar-refractivity contribution is -0.445. The first-order valence-electron chi connectivity index (χ1n) is 12.8. The van der Waals surface area contributed by atoms with Crippen LogP contribution in [0.3, 0.4) is 0 Å². The largest absolute Gasteiger partial charge is 0.493 e. The first-order valence-corrected chi connectivity index (χ1v) is 12.8. The summed E-state index contributed by atoms with van der Waals surface area (Å²) in [5, 5.41) is 24.6. The average molecular weight is 553 g/mol. The second kappa shape index (κ2) is 22.7. The number of nitro groups is 2. The van der Waals surface area contributed by atoms with Crippen LogP contribution >= 0.6 is 0 Å². The summed E-state index contributed by atoms with van der Waals surface area (Å²) in [6.45, 7) is 10.2. The van der Waals surface area contributed by atoms with Gasteiger partial charge >= 0.3 is 0 Å². The normalized spacial score (nSPS) is 12.5. The Bertz CT molecular complexity index is 861. The van der Waals surface area contributed by atoms with Gasteiger partial charge in [-0.1, -0.05) is 24.3 Å². The molecule has 0 aliphatic heterocycles. The molecule has 222 valence electrons. The van der Waals surface area contributed by atoms with Gasteiger partial charge in [0.05, 0.1) is 13.2 Å². The third-order valence-corrected chi connectivity index (χ3v) is 5.03. The Kier molecular flexibility index (Phi) is 22.1. The van der Waals surface area contributed by atoms with Crippen molar-refractivity contribution in [3.63, 3.8) is 0 Å². The molecule has 10 heteroatoms. The van der Waals surface area contributed by atoms with Gasteiger partial charge in [-0.25, -0.2) is 0 Å². The minimum absolute atomic E-state index is 0.500. The molecule has 39 heavy (non-hydrogen) atoms. The lowest BCUT2D eigenvalue weighted by Crippen LogP contribution is -2.00. The molecule has 0 saturated heterocycles. The molecular formula is C29H48N2O8. The first kappa shape index (κ1) is 37.9. The number of rotatable bonds is 6. The molecule has 2 aliphatic carbocycles. The Hall–Kier alpha value is -3.24. The van der Waals surface area contributed by atoms with Crippen molar-refractivity contribution >= 4 is 0 Å². The van der Waals surface area contributed by atoms with Crippen molar-refractivity contribution in [1.29, 1.82) is 0 Å². The van der Waals surface area contributed by atoms with Crippen molar-refractivity contribution in [3.8, 4) is 11.5 Å². The minimum Gasteiger partial charge on any atom is -0.493 e. The molecule has 0 aromatic heterocycles. The molecule has 0 amide bonds. The third-order valence-electron chi connectivity index (χ3n) is 5.03. The van der Waals surface area contributed by atoms with Crippen LogP contribution in [0, 0.1) is 59.8 Å². The van der Waals surface area contributed by atoms with Crippen molar-refractivity contribution < 1.29 is 29.2 Å². The topological polar surface area (TPSA) is 134 Å². The van der Waals surface area contributed by atoms with E-state index in [-0.39, 0.29) is 0 Å². The number of aryl methyl sites for hydroxylation is 4. The Balaban J connectivity index is 0. The predicted molar refractivity (Wildman–Crippen MR) is 155 cm³/mol. The van der Waals surface area contributed by atoms with Gasteiger partial charge in [-0.2, -0.15) is 0 Å². The summed E-state index contributed by atoms with van der Waals surface area (Å²) in [7, 11) is 6.03. The van der Waals surface area contributed by atoms with Gasteiger partial charge in [0, 0.05) is 31.2 Å². The van der Waals surface area contributed by atoms with E-state index in [4.69, 9.17) is 34.8 Å². The molecule has 2 aromatic carbocycles. The van der Waals surface area contributed by atoms with E-state index in [1.807, 2.05) is 0 Å². The molecule has 2 saturated carbocycles. The van der Waals surface area contributed by atoms with Crippen molar-refractivity contribution in [1.82, 2.24) is 0 Å². The van der Waals surface area contributed by atoms with E-state index < -0.39 is 9.85 Å². The zero-order valence-electron chi connectivity index (χ0n) is 25.1. The molecule has 2 aromatic rings. The summed E-state index contributed by atoms with van der Waals surface area (Å²) in [4.78, 5) is 16.6. The maximum absolute atomic E-state index is 8.81. The highest BCUT2D eigenvalue weighted by molar-refractivity contribution is 5.36. The fourth-order valence-corrected chi connectivity index (χ4v) is 2.71. The number of nitrogens with zero attached hydrogens (tertiary/aromatic N) is 2. The van der Waals surface area contributed by atoms with Crippen molar-refractivity contribution in [2.45, 2.75) is 53.4 Å². The Morgan fingerprint density at radius 1 is 0.718 bits per heavy atom. The number of hydrogen-bond donors (Lipinski definition) is 1. The van der Waals surface area contributed by atoms with Crippen molar-refractivity contribution in [2.75, 3.05) is 48.6 Å². The summed E-state index contributed by atoms with van der Waals surface area (Å²) in [6.07, 6.45) is 5.41. The average Bonchev–Trinajstić information content (AvgIpc) is 3.77. The standard InChI is InChI=1S/2C12H16O.C2H6O.2CH3NO2.CH4O/c2*1-9-3-4-10(2)12(7-9)13-8-11-5-6-11;1-3-2;2*1-2(3)4;1-2/h2*3-4,7,11H,5-6,8H2,1-2H3;1-2H3;2*1H3;2H,1H3. The quantitative estimate of drug-likeness (QED) is 0.349. The molecule has 4 rings (SSSR count). The van der Waals surface area contributed by atoms with Crippen LogP contribution in [-0.4, -0.2) is 63.6 Å². The van der Waals surface area contributed by atoms with Crippen LogP contribution < -0.4 is 9.47 Å². The summed E-state index contributed by atoms with van der Waals surface area (Å²) in [5.41, 5.74) is 5.03. The van der Waals surface area contributed by atoms with Crippen molar-refractivity contribution in [2.24, 2.45) is 11.8 Å². The lowest BCUT2D eigenvalue weighted by Gasteiger charge is -2.08. The minimum atomic E-state index is -0.500. The zero-order valence-corrected chi connectivity index (χ0v) is 25.1. The highest BCUT2D eigenvalue weighted by Gasteiger charge is 2.22. The second-order valence-electron chi connectivity index (χ2n) is 9.33. The fraction of sp³-hybridized carbons (Fsp3) is 0.586. The SMILES string of the molecule is CO.COC.C[N+](=O)[O-].C[N+](=O)[O-].Cc1ccc(C)c(OCC2CC2)c1.Cc1ccc(C)c(OCC2CC2)c1. The highest BCUT2D eigenvalue weighted by atomic mass is 16.6. The fourth-order valence-electron chi connectivity index (χ4n) is 2.71. The van der Waals surface area contributed by atoms with Crippen molar-refractivity contribution in [3.05, 3.63) is 78.9 Å². The van der Waals surface area contributed by atoms with E-state index in [9.17, 15) is 0 Å². The van der Waals surface area contributed by atoms with Crippen LogP contribution in [0.1, 0.15) is 47.9 Å². The molecule has 0 heterocycles. The number of hydrogen-bond acceptors (Lipinski definition) is 8. The predicted octanol–water partition coefficient (Wildman–Crippen LogP) is 5.84. The van der Waals surface area contributed by atoms with Gasteiger partial charge in [-0.15, -0.1) is 0 Å². The van der Waals surface area contributed by atoms with Gasteiger partial charge in [-0.3, -0.25) is 20.2 Å². The van der Waals surface area contributed by atoms with Gasteiger partial charge in [0.2, 0.25) is 0 Å². The van der Waals surface area contributed by atoms with Gasteiger partial charge in [0.15, 0.2) is 14.1 Å². The molecule has 0 bridgehead atoms. The maximum Gasteiger partial charge on any atom is 0.194 e. The van der Waals surface area contributed by atoms with Gasteiger partial charge in [0.25, 0.3) is 0 Å². The summed E-state index contributed by atoms with van der Waals surface area (Å²) >= 11 is 0. The molecule has 0 unspecified atom stereocenters. The van der Waals surface area contributed by atoms with Crippen LogP contribution in [0.25, 0.3) is 0 Å². The molecule has 0 atom stereocenters. The first-order chi connectivity index (χ1) is 18.4. The van der Waals surface area contributed by atoms with E-state index in [0.717, 1.165) is 57.8 Å². The van der Waals surface area contributed by atoms with E-state index in [1.54, 1.807) is 14.2 Å². The van der Waals surface area contributed by atoms with E-state index in [0.29, 0.717) is 0 Å². The van der Waals surface area contributed by atoms with E-state index in [2.05, 4.69) is 68.8 Å². The van der Waals surface area contributed by atoms with Crippen LogP contribution in [0.5, 0.6) is 11.5 Å². The van der Waals surface area contributed by atoms with Crippen LogP contribution in [-0.2, 0) is 4.74 Å². The van der Waals surface area contributed by atoms with Gasteiger partial charge in [0.1, 0.15) is 11.5 Å². The Labute approximate surface area is 233 Å². The number of aliphatic hydroxyl groups is 1. The number of benzene rings is 2. The number of ether oxygens (including phenoxy) is 3.